The van der Waals surface area contributed by atoms with Crippen molar-refractivity contribution >= 4 is 44.7 Å². The van der Waals surface area contributed by atoms with Crippen LogP contribution in [0, 0.1) is 6.92 Å². The molecule has 26 heavy (non-hydrogen) atoms. The van der Waals surface area contributed by atoms with E-state index in [4.69, 9.17) is 16.6 Å². The number of hydrogen-bond acceptors (Lipinski definition) is 4. The summed E-state index contributed by atoms with van der Waals surface area (Å²) >= 11 is 7.95. The highest BCUT2D eigenvalue weighted by Crippen LogP contribution is 2.36. The van der Waals surface area contributed by atoms with E-state index < -0.39 is 0 Å². The molecule has 134 valence electrons. The first-order valence-corrected chi connectivity index (χ1v) is 9.95. The van der Waals surface area contributed by atoms with Gasteiger partial charge in [0.25, 0.3) is 0 Å². The largest absolute Gasteiger partial charge is 0.324 e. The molecule has 1 atom stereocenters. The molecule has 1 saturated heterocycles. The molecule has 0 aliphatic carbocycles. The van der Waals surface area contributed by atoms with Gasteiger partial charge in [-0.2, -0.15) is 0 Å². The van der Waals surface area contributed by atoms with E-state index in [1.165, 1.54) is 4.70 Å². The van der Waals surface area contributed by atoms with Gasteiger partial charge in [0.05, 0.1) is 33.5 Å². The van der Waals surface area contributed by atoms with E-state index in [0.29, 0.717) is 17.3 Å². The van der Waals surface area contributed by atoms with Gasteiger partial charge >= 0.3 is 0 Å². The number of thiazole rings is 1. The van der Waals surface area contributed by atoms with Crippen molar-refractivity contribution in [3.05, 3.63) is 58.1 Å². The van der Waals surface area contributed by atoms with Crippen LogP contribution in [0.5, 0.6) is 0 Å². The number of nitrogens with zero attached hydrogens (tertiary/aromatic N) is 2. The maximum atomic E-state index is 12.5. The van der Waals surface area contributed by atoms with Crippen LogP contribution in [0.15, 0.2) is 42.5 Å². The third-order valence-corrected chi connectivity index (χ3v) is 6.15. The fourth-order valence-electron chi connectivity index (χ4n) is 3.42. The first-order valence-electron chi connectivity index (χ1n) is 8.76. The molecule has 2 heterocycles. The summed E-state index contributed by atoms with van der Waals surface area (Å²) in [5.41, 5.74) is 2.77. The highest BCUT2D eigenvalue weighted by molar-refractivity contribution is 7.18. The van der Waals surface area contributed by atoms with Gasteiger partial charge in [-0.25, -0.2) is 4.98 Å². The summed E-state index contributed by atoms with van der Waals surface area (Å²) in [4.78, 5) is 19.5. The normalized spacial score (nSPS) is 17.7. The molecule has 4 rings (SSSR count). The van der Waals surface area contributed by atoms with Crippen LogP contribution in [-0.4, -0.2) is 28.9 Å². The van der Waals surface area contributed by atoms with Crippen LogP contribution in [0.2, 0.25) is 5.02 Å². The lowest BCUT2D eigenvalue weighted by atomic mass is 10.2. The fourth-order valence-corrected chi connectivity index (χ4v) is 4.84. The highest BCUT2D eigenvalue weighted by Gasteiger charge is 2.30. The molecule has 1 aromatic heterocycles. The number of rotatable bonds is 4. The zero-order valence-electron chi connectivity index (χ0n) is 14.5. The second kappa shape index (κ2) is 7.35. The third-order valence-electron chi connectivity index (χ3n) is 4.70. The van der Waals surface area contributed by atoms with E-state index in [0.717, 1.165) is 35.5 Å². The van der Waals surface area contributed by atoms with E-state index >= 15 is 0 Å². The minimum absolute atomic E-state index is 0.0382. The summed E-state index contributed by atoms with van der Waals surface area (Å²) in [5.74, 6) is -0.0382. The Morgan fingerprint density at radius 1 is 1.35 bits per heavy atom. The van der Waals surface area contributed by atoms with Crippen LogP contribution in [0.1, 0.15) is 29.5 Å². The third kappa shape index (κ3) is 3.61. The van der Waals surface area contributed by atoms with Crippen LogP contribution < -0.4 is 5.32 Å². The molecular formula is C20H20ClN3OS. The summed E-state index contributed by atoms with van der Waals surface area (Å²) in [6.45, 7) is 3.24. The number of carbonyl (C=O) groups is 1. The maximum Gasteiger partial charge on any atom is 0.238 e. The molecule has 1 N–H and O–H groups in total. The van der Waals surface area contributed by atoms with Crippen molar-refractivity contribution < 1.29 is 4.79 Å². The number of fused-ring (bicyclic) bond motifs is 1. The number of anilines is 1. The molecule has 0 radical (unpaired) electrons. The Bertz CT molecular complexity index is 922. The highest BCUT2D eigenvalue weighted by atomic mass is 35.5. The van der Waals surface area contributed by atoms with Crippen LogP contribution in [0.3, 0.4) is 0 Å². The number of aryl methyl sites for hydroxylation is 1. The summed E-state index contributed by atoms with van der Waals surface area (Å²) in [6.07, 6.45) is 2.12. The zero-order valence-corrected chi connectivity index (χ0v) is 16.1. The zero-order chi connectivity index (χ0) is 18.1. The summed E-state index contributed by atoms with van der Waals surface area (Å²) < 4.78 is 1.20. The molecular weight excluding hydrogens is 366 g/mol. The Morgan fingerprint density at radius 3 is 3.00 bits per heavy atom. The minimum Gasteiger partial charge on any atom is -0.324 e. The Hall–Kier alpha value is -1.95. The van der Waals surface area contributed by atoms with Crippen LogP contribution in [0.25, 0.3) is 10.2 Å². The van der Waals surface area contributed by atoms with Crippen LogP contribution in [-0.2, 0) is 4.79 Å². The average molecular weight is 386 g/mol. The van der Waals surface area contributed by atoms with E-state index in [2.05, 4.69) is 16.3 Å². The number of nitrogens with one attached hydrogen (secondary N) is 1. The van der Waals surface area contributed by atoms with Gasteiger partial charge in [-0.1, -0.05) is 29.8 Å². The standard InChI is InChI=1S/C20H20ClN3OS/c1-13-8-9-15(14(21)11-13)22-19(25)12-24-10-4-6-17(24)20-23-16-5-2-3-7-18(16)26-20/h2-3,5,7-9,11,17H,4,6,10,12H2,1H3,(H,22,25). The Balaban J connectivity index is 1.47. The summed E-state index contributed by atoms with van der Waals surface area (Å²) in [6, 6.07) is 14.1. The second-order valence-corrected chi connectivity index (χ2v) is 8.15. The first kappa shape index (κ1) is 17.5. The lowest BCUT2D eigenvalue weighted by Gasteiger charge is -2.22. The molecule has 1 amide bonds. The molecule has 1 unspecified atom stereocenters. The minimum atomic E-state index is -0.0382. The molecule has 3 aromatic rings. The van der Waals surface area contributed by atoms with Crippen molar-refractivity contribution in [1.29, 1.82) is 0 Å². The molecule has 1 aliphatic rings. The number of likely N-dealkylation sites (tertiary alicyclic amines) is 1. The predicted molar refractivity (Wildman–Crippen MR) is 108 cm³/mol. The number of amides is 1. The lowest BCUT2D eigenvalue weighted by Crippen LogP contribution is -2.33. The van der Waals surface area contributed by atoms with Crippen molar-refractivity contribution in [3.63, 3.8) is 0 Å². The van der Waals surface area contributed by atoms with Gasteiger partial charge in [-0.05, 0) is 56.1 Å². The van der Waals surface area contributed by atoms with E-state index in [-0.39, 0.29) is 11.9 Å². The SMILES string of the molecule is Cc1ccc(NC(=O)CN2CCCC2c2nc3ccccc3s2)c(Cl)c1. The molecule has 6 heteroatoms. The van der Waals surface area contributed by atoms with Gasteiger partial charge in [-0.3, -0.25) is 9.69 Å². The van der Waals surface area contributed by atoms with Crippen LogP contribution >= 0.6 is 22.9 Å². The van der Waals surface area contributed by atoms with E-state index in [9.17, 15) is 4.79 Å². The molecule has 0 bridgehead atoms. The number of benzene rings is 2. The Morgan fingerprint density at radius 2 is 2.19 bits per heavy atom. The van der Waals surface area contributed by atoms with E-state index in [1.807, 2.05) is 43.3 Å². The molecule has 2 aromatic carbocycles. The predicted octanol–water partition coefficient (Wildman–Crippen LogP) is 5.03. The van der Waals surface area contributed by atoms with Gasteiger partial charge in [0, 0.05) is 0 Å². The van der Waals surface area contributed by atoms with Gasteiger partial charge < -0.3 is 5.32 Å². The van der Waals surface area contributed by atoms with Gasteiger partial charge in [-0.15, -0.1) is 11.3 Å². The van der Waals surface area contributed by atoms with Gasteiger partial charge in [0.15, 0.2) is 0 Å². The van der Waals surface area contributed by atoms with Crippen molar-refractivity contribution in [2.24, 2.45) is 0 Å². The van der Waals surface area contributed by atoms with Crippen molar-refractivity contribution in [3.8, 4) is 0 Å². The second-order valence-electron chi connectivity index (χ2n) is 6.68. The molecule has 0 saturated carbocycles. The monoisotopic (exact) mass is 385 g/mol. The topological polar surface area (TPSA) is 45.2 Å². The number of hydrogen-bond donors (Lipinski definition) is 1. The van der Waals surface area contributed by atoms with Crippen molar-refractivity contribution in [1.82, 2.24) is 9.88 Å². The molecule has 0 spiro atoms. The summed E-state index contributed by atoms with van der Waals surface area (Å²) in [5, 5.41) is 4.61. The summed E-state index contributed by atoms with van der Waals surface area (Å²) in [7, 11) is 0. The average Bonchev–Trinajstić information content (AvgIpc) is 3.23. The lowest BCUT2D eigenvalue weighted by molar-refractivity contribution is -0.117. The molecule has 4 nitrogen and oxygen atoms in total. The first-order chi connectivity index (χ1) is 12.6. The number of para-hydroxylation sites is 1. The Kier molecular flexibility index (Phi) is 4.94. The molecule has 1 aliphatic heterocycles. The number of halogens is 1. The van der Waals surface area contributed by atoms with E-state index in [1.54, 1.807) is 11.3 Å². The quantitative estimate of drug-likeness (QED) is 0.684. The number of carbonyl (C=O) groups excluding carboxylic acids is 1. The Labute approximate surface area is 161 Å². The smallest absolute Gasteiger partial charge is 0.238 e. The number of aromatic nitrogens is 1. The van der Waals surface area contributed by atoms with Crippen molar-refractivity contribution in [2.75, 3.05) is 18.4 Å². The van der Waals surface area contributed by atoms with Gasteiger partial charge in [0.2, 0.25) is 5.91 Å². The van der Waals surface area contributed by atoms with Gasteiger partial charge in [0.1, 0.15) is 5.01 Å². The van der Waals surface area contributed by atoms with Crippen molar-refractivity contribution in [2.45, 2.75) is 25.8 Å². The fraction of sp³-hybridized carbons (Fsp3) is 0.300. The van der Waals surface area contributed by atoms with Crippen LogP contribution in [0.4, 0.5) is 5.69 Å². The molecule has 1 fully saturated rings. The maximum absolute atomic E-state index is 12.5.